The number of aliphatic hydroxyl groups is 1. The number of sulfonamides is 1. The largest absolute Gasteiger partial charge is 0.468 e. The van der Waals surface area contributed by atoms with Crippen molar-refractivity contribution in [2.24, 2.45) is 5.92 Å². The second-order valence-corrected chi connectivity index (χ2v) is 10.3. The number of aryl methyl sites for hydroxylation is 1. The molecule has 2 aromatic rings. The molecule has 1 aromatic heterocycles. The normalized spacial score (nSPS) is 13.0. The van der Waals surface area contributed by atoms with E-state index in [0.29, 0.717) is 12.2 Å². The number of ether oxygens (including phenoxy) is 1. The lowest BCUT2D eigenvalue weighted by Gasteiger charge is -2.28. The molecule has 32 heavy (non-hydrogen) atoms. The van der Waals surface area contributed by atoms with Gasteiger partial charge in [0.25, 0.3) is 0 Å². The quantitative estimate of drug-likeness (QED) is 0.490. The van der Waals surface area contributed by atoms with Crippen LogP contribution in [0.15, 0.2) is 29.2 Å². The van der Waals surface area contributed by atoms with Crippen molar-refractivity contribution in [1.82, 2.24) is 13.9 Å². The highest BCUT2D eigenvalue weighted by Crippen LogP contribution is 2.24. The zero-order valence-electron chi connectivity index (χ0n) is 19.2. The summed E-state index contributed by atoms with van der Waals surface area (Å²) in [7, 11) is -1.28. The van der Waals surface area contributed by atoms with Gasteiger partial charge in [0.05, 0.1) is 24.3 Å². The molecule has 10 heteroatoms. The summed E-state index contributed by atoms with van der Waals surface area (Å²) in [5, 5.41) is 10.0. The van der Waals surface area contributed by atoms with Crippen LogP contribution in [0.2, 0.25) is 5.15 Å². The fraction of sp³-hybridized carbons (Fsp3) is 0.545. The van der Waals surface area contributed by atoms with Crippen LogP contribution in [0.5, 0.6) is 0 Å². The molecule has 0 aliphatic rings. The van der Waals surface area contributed by atoms with Gasteiger partial charge in [-0.1, -0.05) is 50.9 Å². The van der Waals surface area contributed by atoms with Crippen molar-refractivity contribution in [3.05, 3.63) is 46.5 Å². The first-order valence-corrected chi connectivity index (χ1v) is 12.4. The topological polar surface area (TPSA) is 102 Å². The summed E-state index contributed by atoms with van der Waals surface area (Å²) in [6, 6.07) is 5.52. The number of hydrogen-bond acceptors (Lipinski definition) is 6. The molecule has 0 saturated heterocycles. The summed E-state index contributed by atoms with van der Waals surface area (Å²) in [4.78, 5) is 16.6. The van der Waals surface area contributed by atoms with E-state index in [2.05, 4.69) is 11.9 Å². The molecule has 0 aliphatic carbocycles. The molecule has 0 unspecified atom stereocenters. The van der Waals surface area contributed by atoms with E-state index in [1.807, 2.05) is 4.57 Å². The fourth-order valence-electron chi connectivity index (χ4n) is 3.59. The lowest BCUT2D eigenvalue weighted by Crippen LogP contribution is -2.46. The van der Waals surface area contributed by atoms with Crippen LogP contribution in [-0.2, 0) is 39.1 Å². The van der Waals surface area contributed by atoms with Gasteiger partial charge >= 0.3 is 5.97 Å². The lowest BCUT2D eigenvalue weighted by atomic mass is 10.1. The number of hydrogen-bond donors (Lipinski definition) is 1. The molecule has 1 N–H and O–H groups in total. The Kier molecular flexibility index (Phi) is 9.27. The Morgan fingerprint density at radius 3 is 2.41 bits per heavy atom. The second kappa shape index (κ2) is 11.3. The maximum absolute atomic E-state index is 13.1. The first-order chi connectivity index (χ1) is 15.1. The average Bonchev–Trinajstić information content (AvgIpc) is 3.05. The Labute approximate surface area is 195 Å². The van der Waals surface area contributed by atoms with Gasteiger partial charge in [-0.3, -0.25) is 4.79 Å². The molecule has 1 aromatic carbocycles. The van der Waals surface area contributed by atoms with Gasteiger partial charge in [0.2, 0.25) is 10.0 Å². The maximum atomic E-state index is 13.1. The number of benzene rings is 1. The molecule has 1 atom stereocenters. The van der Waals surface area contributed by atoms with Gasteiger partial charge < -0.3 is 14.4 Å². The van der Waals surface area contributed by atoms with Crippen LogP contribution in [0.3, 0.4) is 0 Å². The summed E-state index contributed by atoms with van der Waals surface area (Å²) in [6.07, 6.45) is 2.68. The van der Waals surface area contributed by atoms with Gasteiger partial charge in [-0.25, -0.2) is 13.4 Å². The Bertz CT molecular complexity index is 1020. The van der Waals surface area contributed by atoms with Crippen LogP contribution in [0, 0.1) is 5.92 Å². The number of carbonyl (C=O) groups is 1. The van der Waals surface area contributed by atoms with Crippen LogP contribution in [-0.4, -0.2) is 53.5 Å². The fourth-order valence-corrected chi connectivity index (χ4v) is 5.30. The first kappa shape index (κ1) is 26.3. The average molecular weight is 486 g/mol. The lowest BCUT2D eigenvalue weighted by molar-refractivity contribution is -0.146. The number of methoxy groups -OCH3 is 1. The highest BCUT2D eigenvalue weighted by atomic mass is 35.5. The predicted octanol–water partition coefficient (Wildman–Crippen LogP) is 3.24. The highest BCUT2D eigenvalue weighted by Gasteiger charge is 2.35. The van der Waals surface area contributed by atoms with Gasteiger partial charge in [0.15, 0.2) is 5.15 Å². The summed E-state index contributed by atoms with van der Waals surface area (Å²) in [5.74, 6) is -0.0723. The number of nitrogens with zero attached hydrogens (tertiary/aromatic N) is 3. The molecule has 0 amide bonds. The van der Waals surface area contributed by atoms with Gasteiger partial charge in [-0.15, -0.1) is 0 Å². The zero-order valence-corrected chi connectivity index (χ0v) is 20.8. The van der Waals surface area contributed by atoms with E-state index in [1.165, 1.54) is 26.3 Å². The number of aliphatic hydroxyl groups excluding tert-OH is 1. The Morgan fingerprint density at radius 2 is 1.91 bits per heavy atom. The monoisotopic (exact) mass is 485 g/mol. The number of esters is 1. The van der Waals surface area contributed by atoms with Gasteiger partial charge in [-0.2, -0.15) is 4.31 Å². The van der Waals surface area contributed by atoms with E-state index < -0.39 is 22.0 Å². The minimum Gasteiger partial charge on any atom is -0.468 e. The second-order valence-electron chi connectivity index (χ2n) is 7.99. The van der Waals surface area contributed by atoms with Crippen LogP contribution >= 0.6 is 11.6 Å². The SMILES string of the molecule is CCCCc1nc(Cl)c(CO)n1Cc1ccc(S(=O)(=O)N(C)[C@@H](C(=O)OC)C(C)C)cc1. The summed E-state index contributed by atoms with van der Waals surface area (Å²) < 4.78 is 33.9. The van der Waals surface area contributed by atoms with E-state index in [0.717, 1.165) is 35.0 Å². The van der Waals surface area contributed by atoms with E-state index in [4.69, 9.17) is 16.3 Å². The molecule has 0 fully saturated rings. The highest BCUT2D eigenvalue weighted by molar-refractivity contribution is 7.89. The number of aromatic nitrogens is 2. The number of halogens is 1. The number of imidazole rings is 1. The van der Waals surface area contributed by atoms with E-state index >= 15 is 0 Å². The van der Waals surface area contributed by atoms with Crippen molar-refractivity contribution in [3.63, 3.8) is 0 Å². The van der Waals surface area contributed by atoms with Gasteiger partial charge in [0.1, 0.15) is 11.9 Å². The molecule has 178 valence electrons. The van der Waals surface area contributed by atoms with E-state index in [-0.39, 0.29) is 22.6 Å². The van der Waals surface area contributed by atoms with Crippen LogP contribution < -0.4 is 0 Å². The third-order valence-corrected chi connectivity index (χ3v) is 7.57. The Hall–Kier alpha value is -1.94. The van der Waals surface area contributed by atoms with Crippen molar-refractivity contribution in [2.75, 3.05) is 14.2 Å². The molecule has 0 saturated carbocycles. The predicted molar refractivity (Wildman–Crippen MR) is 123 cm³/mol. The molecule has 0 radical (unpaired) electrons. The zero-order chi connectivity index (χ0) is 24.1. The van der Waals surface area contributed by atoms with Crippen LogP contribution in [0.25, 0.3) is 0 Å². The van der Waals surface area contributed by atoms with Crippen molar-refractivity contribution in [2.45, 2.75) is 64.1 Å². The smallest absolute Gasteiger partial charge is 0.324 e. The van der Waals surface area contributed by atoms with E-state index in [9.17, 15) is 18.3 Å². The van der Waals surface area contributed by atoms with E-state index in [1.54, 1.807) is 26.0 Å². The number of likely N-dealkylation sites (N-methyl/N-ethyl adjacent to an activating group) is 1. The van der Waals surface area contributed by atoms with Crippen molar-refractivity contribution >= 4 is 27.6 Å². The third-order valence-electron chi connectivity index (χ3n) is 5.41. The first-order valence-electron chi connectivity index (χ1n) is 10.6. The molecule has 8 nitrogen and oxygen atoms in total. The minimum atomic E-state index is -3.90. The van der Waals surface area contributed by atoms with Crippen molar-refractivity contribution < 1.29 is 23.1 Å². The minimum absolute atomic E-state index is 0.0792. The molecule has 2 rings (SSSR count). The van der Waals surface area contributed by atoms with Crippen molar-refractivity contribution in [1.29, 1.82) is 0 Å². The Morgan fingerprint density at radius 1 is 1.28 bits per heavy atom. The van der Waals surface area contributed by atoms with Crippen LogP contribution in [0.1, 0.15) is 50.7 Å². The molecule has 0 aliphatic heterocycles. The summed E-state index contributed by atoms with van der Waals surface area (Å²) in [5.41, 5.74) is 1.37. The summed E-state index contributed by atoms with van der Waals surface area (Å²) in [6.45, 7) is 5.78. The molecule has 1 heterocycles. The number of carbonyl (C=O) groups excluding carboxylic acids is 1. The van der Waals surface area contributed by atoms with Gasteiger partial charge in [0, 0.05) is 20.0 Å². The number of rotatable bonds is 11. The third kappa shape index (κ3) is 5.70. The van der Waals surface area contributed by atoms with Crippen LogP contribution in [0.4, 0.5) is 0 Å². The molecule has 0 spiro atoms. The summed E-state index contributed by atoms with van der Waals surface area (Å²) >= 11 is 6.19. The molecule has 0 bridgehead atoms. The van der Waals surface area contributed by atoms with Crippen molar-refractivity contribution in [3.8, 4) is 0 Å². The van der Waals surface area contributed by atoms with Gasteiger partial charge in [-0.05, 0) is 30.0 Å². The Balaban J connectivity index is 2.31. The molecular formula is C22H32ClN3O5S. The maximum Gasteiger partial charge on any atom is 0.324 e. The molecular weight excluding hydrogens is 454 g/mol. The number of unbranched alkanes of at least 4 members (excludes halogenated alkanes) is 1. The standard InChI is InChI=1S/C22H32ClN3O5S/c1-6-7-8-19-24-21(23)18(14-27)26(19)13-16-9-11-17(12-10-16)32(29,30)25(4)20(15(2)3)22(28)31-5/h9-12,15,20,27H,6-8,13-14H2,1-5H3/t20-/m1/s1.